The molecule has 0 saturated carbocycles. The first-order valence-corrected chi connectivity index (χ1v) is 12.0. The molecule has 2 nitrogen and oxygen atoms in total. The Bertz CT molecular complexity index is 171. The van der Waals surface area contributed by atoms with E-state index >= 15 is 0 Å². The molecule has 0 fully saturated rings. The van der Waals surface area contributed by atoms with Crippen molar-refractivity contribution in [2.24, 2.45) is 0 Å². The fraction of sp³-hybridized carbons (Fsp3) is 1.00. The van der Waals surface area contributed by atoms with Crippen LogP contribution in [0.1, 0.15) is 142 Å². The van der Waals surface area contributed by atoms with Gasteiger partial charge in [-0.15, -0.1) is 13.2 Å². The van der Waals surface area contributed by atoms with Crippen molar-refractivity contribution in [3.05, 3.63) is 0 Å². The van der Waals surface area contributed by atoms with Crippen LogP contribution in [-0.4, -0.2) is 51.0 Å². The van der Waals surface area contributed by atoms with Crippen molar-refractivity contribution in [1.82, 2.24) is 0 Å². The van der Waals surface area contributed by atoms with Crippen molar-refractivity contribution in [2.45, 2.75) is 142 Å². The molecule has 0 aliphatic rings. The van der Waals surface area contributed by atoms with Gasteiger partial charge in [0.15, 0.2) is 0 Å². The van der Waals surface area contributed by atoms with Gasteiger partial charge in [0.05, 0.1) is 0 Å². The third-order valence-corrected chi connectivity index (χ3v) is 5.00. The van der Waals surface area contributed by atoms with Gasteiger partial charge < -0.3 is 10.2 Å². The van der Waals surface area contributed by atoms with E-state index in [1.54, 1.807) is 0 Å². The summed E-state index contributed by atoms with van der Waals surface area (Å²) in [7, 11) is 0. The van der Waals surface area contributed by atoms with Crippen LogP contribution in [0.5, 0.6) is 0 Å². The zero-order chi connectivity index (χ0) is 19.6. The van der Waals surface area contributed by atoms with Crippen molar-refractivity contribution >= 4 is 37.7 Å². The van der Waals surface area contributed by atoms with Gasteiger partial charge in [0.1, 0.15) is 0 Å². The van der Waals surface area contributed by atoms with E-state index in [4.69, 9.17) is 0 Å². The van der Waals surface area contributed by atoms with Crippen molar-refractivity contribution in [2.75, 3.05) is 13.2 Å². The van der Waals surface area contributed by atoms with E-state index < -0.39 is 0 Å². The molecule has 0 unspecified atom stereocenters. The average Bonchev–Trinajstić information content (AvgIpc) is 2.66. The molecule has 0 amide bonds. The summed E-state index contributed by atoms with van der Waals surface area (Å²) >= 11 is 0. The third-order valence-electron chi connectivity index (χ3n) is 5.00. The van der Waals surface area contributed by atoms with Gasteiger partial charge in [-0.25, -0.2) is 0 Å². The maximum Gasteiger partial charge on any atom is 2.00 e. The summed E-state index contributed by atoms with van der Waals surface area (Å²) in [6, 6.07) is 0. The molecule has 0 saturated heterocycles. The molecule has 0 spiro atoms. The second-order valence-corrected chi connectivity index (χ2v) is 7.77. The van der Waals surface area contributed by atoms with Crippen LogP contribution in [0.4, 0.5) is 0 Å². The first-order chi connectivity index (χ1) is 12.8. The van der Waals surface area contributed by atoms with Gasteiger partial charge in [0, 0.05) is 0 Å². The first kappa shape index (κ1) is 32.8. The molecular formula is C24H50CaO2. The molecule has 160 valence electrons. The predicted octanol–water partition coefficient (Wildman–Crippen LogP) is 6.15. The summed E-state index contributed by atoms with van der Waals surface area (Å²) < 4.78 is 0. The van der Waals surface area contributed by atoms with Gasteiger partial charge in [-0.2, -0.15) is 0 Å². The Morgan fingerprint density at radius 3 is 0.704 bits per heavy atom. The molecule has 0 aromatic carbocycles. The summed E-state index contributed by atoms with van der Waals surface area (Å²) in [6.07, 6.45) is 26.0. The quantitative estimate of drug-likeness (QED) is 0.178. The second kappa shape index (κ2) is 34.7. The van der Waals surface area contributed by atoms with Gasteiger partial charge in [0.2, 0.25) is 0 Å². The Balaban J connectivity index is -0.000000411. The Morgan fingerprint density at radius 1 is 0.333 bits per heavy atom. The zero-order valence-electron chi connectivity index (χ0n) is 19.1. The molecule has 0 radical (unpaired) electrons. The van der Waals surface area contributed by atoms with Crippen molar-refractivity contribution < 1.29 is 10.2 Å². The van der Waals surface area contributed by atoms with E-state index in [1.807, 2.05) is 0 Å². The van der Waals surface area contributed by atoms with E-state index in [9.17, 15) is 10.2 Å². The van der Waals surface area contributed by atoms with Crippen molar-refractivity contribution in [3.63, 3.8) is 0 Å². The molecule has 0 aromatic rings. The number of rotatable bonds is 20. The summed E-state index contributed by atoms with van der Waals surface area (Å²) in [5.74, 6) is 0. The third kappa shape index (κ3) is 38.4. The van der Waals surface area contributed by atoms with Gasteiger partial charge >= 0.3 is 37.7 Å². The molecule has 0 atom stereocenters. The van der Waals surface area contributed by atoms with Crippen LogP contribution in [0.25, 0.3) is 0 Å². The van der Waals surface area contributed by atoms with Crippen molar-refractivity contribution in [1.29, 1.82) is 0 Å². The van der Waals surface area contributed by atoms with Gasteiger partial charge in [0.25, 0.3) is 0 Å². The smallest absolute Gasteiger partial charge is 0.854 e. The number of hydrogen-bond acceptors (Lipinski definition) is 2. The SMILES string of the molecule is CCCCCCCCCCCC[O-].CCCCCCCCCCCC[O-].[Ca+2]. The molecule has 0 aliphatic heterocycles. The summed E-state index contributed by atoms with van der Waals surface area (Å²) in [4.78, 5) is 0. The van der Waals surface area contributed by atoms with Crippen LogP contribution in [0.15, 0.2) is 0 Å². The van der Waals surface area contributed by atoms with Crippen molar-refractivity contribution in [3.8, 4) is 0 Å². The number of hydrogen-bond donors (Lipinski definition) is 0. The Hall–Kier alpha value is 1.18. The average molecular weight is 411 g/mol. The van der Waals surface area contributed by atoms with Crippen LogP contribution in [0.3, 0.4) is 0 Å². The standard InChI is InChI=1S/2C12H25O.Ca/c2*1-2-3-4-5-6-7-8-9-10-11-12-13;/h2*2-12H2,1H3;/q2*-1;+2. The fourth-order valence-electron chi connectivity index (χ4n) is 3.18. The van der Waals surface area contributed by atoms with Crippen LogP contribution < -0.4 is 10.2 Å². The monoisotopic (exact) mass is 410 g/mol. The fourth-order valence-corrected chi connectivity index (χ4v) is 3.18. The van der Waals surface area contributed by atoms with Gasteiger partial charge in [-0.1, -0.05) is 142 Å². The topological polar surface area (TPSA) is 46.1 Å². The summed E-state index contributed by atoms with van der Waals surface area (Å²) in [5.41, 5.74) is 0. The molecule has 0 heterocycles. The number of unbranched alkanes of at least 4 members (excludes halogenated alkanes) is 18. The van der Waals surface area contributed by atoms with E-state index in [1.165, 1.54) is 103 Å². The maximum absolute atomic E-state index is 10.1. The Kier molecular flexibility index (Phi) is 42.2. The Morgan fingerprint density at radius 2 is 0.519 bits per heavy atom. The first-order valence-electron chi connectivity index (χ1n) is 12.0. The Labute approximate surface area is 202 Å². The van der Waals surface area contributed by atoms with E-state index in [-0.39, 0.29) is 51.0 Å². The molecule has 0 aromatic heterocycles. The minimum absolute atomic E-state index is 0. The maximum atomic E-state index is 10.1. The van der Waals surface area contributed by atoms with Crippen LogP contribution in [0.2, 0.25) is 0 Å². The molecule has 3 heteroatoms. The van der Waals surface area contributed by atoms with E-state index in [0.29, 0.717) is 0 Å². The largest absolute Gasteiger partial charge is 2.00 e. The van der Waals surface area contributed by atoms with E-state index in [0.717, 1.165) is 25.7 Å². The minimum atomic E-state index is 0. The summed E-state index contributed by atoms with van der Waals surface area (Å²) in [6.45, 7) is 4.75. The molecule has 0 N–H and O–H groups in total. The van der Waals surface area contributed by atoms with Gasteiger partial charge in [-0.05, 0) is 0 Å². The van der Waals surface area contributed by atoms with Crippen LogP contribution in [-0.2, 0) is 0 Å². The minimum Gasteiger partial charge on any atom is -0.854 e. The molecule has 0 bridgehead atoms. The molecular weight excluding hydrogens is 360 g/mol. The van der Waals surface area contributed by atoms with Gasteiger partial charge in [-0.3, -0.25) is 0 Å². The second-order valence-electron chi connectivity index (χ2n) is 7.77. The van der Waals surface area contributed by atoms with E-state index in [2.05, 4.69) is 13.8 Å². The molecule has 27 heavy (non-hydrogen) atoms. The molecule has 0 rings (SSSR count). The van der Waals surface area contributed by atoms with Crippen LogP contribution >= 0.6 is 0 Å². The summed E-state index contributed by atoms with van der Waals surface area (Å²) in [5, 5.41) is 20.3. The van der Waals surface area contributed by atoms with Crippen LogP contribution in [0, 0.1) is 0 Å². The zero-order valence-corrected chi connectivity index (χ0v) is 21.3. The normalized spacial score (nSPS) is 10.2. The predicted molar refractivity (Wildman–Crippen MR) is 119 cm³/mol. The molecule has 0 aliphatic carbocycles.